The molecule has 0 unspecified atom stereocenters. The number of phosphoric acid groups is 1. The second-order valence-electron chi connectivity index (χ2n) is 6.54. The van der Waals surface area contributed by atoms with Crippen molar-refractivity contribution < 1.29 is 18.9 Å². The Morgan fingerprint density at radius 1 is 0.552 bits per heavy atom. The average Bonchev–Trinajstić information content (AvgIpc) is 2.74. The van der Waals surface area contributed by atoms with Crippen molar-refractivity contribution in [2.75, 3.05) is 0 Å². The summed E-state index contributed by atoms with van der Waals surface area (Å²) in [6, 6.07) is 32.4. The van der Waals surface area contributed by atoms with Gasteiger partial charge in [-0.2, -0.15) is 0 Å². The Morgan fingerprint density at radius 2 is 0.966 bits per heavy atom. The molecule has 0 spiro atoms. The van der Waals surface area contributed by atoms with E-state index >= 15 is 0 Å². The third-order valence-corrected chi connectivity index (χ3v) is 5.02. The van der Waals surface area contributed by atoms with Crippen LogP contribution in [0.2, 0.25) is 0 Å². The van der Waals surface area contributed by atoms with Crippen LogP contribution in [0.5, 0.6) is 5.75 Å². The first kappa shape index (κ1) is 19.2. The van der Waals surface area contributed by atoms with Gasteiger partial charge in [0.05, 0.1) is 0 Å². The van der Waals surface area contributed by atoms with Gasteiger partial charge in [0.1, 0.15) is 5.75 Å². The minimum atomic E-state index is -4.79. The number of phosphoric ester groups is 1. The van der Waals surface area contributed by atoms with Crippen molar-refractivity contribution in [1.29, 1.82) is 0 Å². The molecule has 4 rings (SSSR count). The topological polar surface area (TPSA) is 66.8 Å². The largest absolute Gasteiger partial charge is 0.524 e. The van der Waals surface area contributed by atoms with E-state index in [2.05, 4.69) is 0 Å². The van der Waals surface area contributed by atoms with Crippen LogP contribution in [0.3, 0.4) is 0 Å². The van der Waals surface area contributed by atoms with Gasteiger partial charge in [0.15, 0.2) is 0 Å². The van der Waals surface area contributed by atoms with Gasteiger partial charge < -0.3 is 4.52 Å². The molecule has 4 aromatic carbocycles. The van der Waals surface area contributed by atoms with Gasteiger partial charge >= 0.3 is 7.82 Å². The van der Waals surface area contributed by atoms with E-state index < -0.39 is 7.82 Å². The number of benzene rings is 4. The highest BCUT2D eigenvalue weighted by atomic mass is 31.2. The fourth-order valence-electron chi connectivity index (χ4n) is 3.39. The summed E-state index contributed by atoms with van der Waals surface area (Å²) < 4.78 is 17.2. The third kappa shape index (κ3) is 4.30. The van der Waals surface area contributed by atoms with Crippen LogP contribution in [-0.2, 0) is 4.57 Å². The number of hydrogen-bond acceptors (Lipinski definition) is 2. The second-order valence-corrected chi connectivity index (χ2v) is 7.71. The fourth-order valence-corrected chi connectivity index (χ4v) is 3.82. The lowest BCUT2D eigenvalue weighted by molar-refractivity contribution is 0.284. The second kappa shape index (κ2) is 8.06. The molecule has 0 saturated carbocycles. The smallest absolute Gasteiger partial charge is 0.403 e. The Hall–Kier alpha value is -3.17. The van der Waals surface area contributed by atoms with Crippen LogP contribution in [0.4, 0.5) is 0 Å². The number of rotatable bonds is 5. The van der Waals surface area contributed by atoms with Crippen LogP contribution in [0.25, 0.3) is 33.4 Å². The van der Waals surface area contributed by atoms with Crippen molar-refractivity contribution in [1.82, 2.24) is 0 Å². The van der Waals surface area contributed by atoms with Crippen LogP contribution in [-0.4, -0.2) is 9.79 Å². The molecule has 0 radical (unpaired) electrons. The van der Waals surface area contributed by atoms with Gasteiger partial charge in [0, 0.05) is 11.1 Å². The Balaban J connectivity index is 2.07. The van der Waals surface area contributed by atoms with E-state index in [0.717, 1.165) is 22.3 Å². The Morgan fingerprint density at radius 3 is 1.45 bits per heavy atom. The zero-order valence-electron chi connectivity index (χ0n) is 15.5. The standard InChI is InChI=1S/C24H19O4P/c25-29(26,27)28-24-22(19-12-6-2-7-13-19)17-16-21(18-10-4-1-5-11-18)23(24)20-14-8-3-9-15-20/h1-17H,(H2,25,26,27). The van der Waals surface area contributed by atoms with Crippen LogP contribution in [0.1, 0.15) is 0 Å². The van der Waals surface area contributed by atoms with Crippen LogP contribution in [0.15, 0.2) is 103 Å². The zero-order valence-corrected chi connectivity index (χ0v) is 16.4. The van der Waals surface area contributed by atoms with Crippen molar-refractivity contribution in [3.63, 3.8) is 0 Å². The van der Waals surface area contributed by atoms with E-state index in [9.17, 15) is 14.4 Å². The van der Waals surface area contributed by atoms with E-state index in [-0.39, 0.29) is 5.75 Å². The van der Waals surface area contributed by atoms with Crippen LogP contribution < -0.4 is 4.52 Å². The Labute approximate surface area is 169 Å². The lowest BCUT2D eigenvalue weighted by Crippen LogP contribution is -1.98. The van der Waals surface area contributed by atoms with Crippen molar-refractivity contribution in [3.05, 3.63) is 103 Å². The summed E-state index contributed by atoms with van der Waals surface area (Å²) in [5.41, 5.74) is 4.65. The van der Waals surface area contributed by atoms with Crippen molar-refractivity contribution in [2.24, 2.45) is 0 Å². The molecule has 5 heteroatoms. The first-order valence-electron chi connectivity index (χ1n) is 9.11. The molecule has 0 atom stereocenters. The maximum absolute atomic E-state index is 11.9. The van der Waals surface area contributed by atoms with Gasteiger partial charge in [-0.25, -0.2) is 4.57 Å². The summed E-state index contributed by atoms with van der Waals surface area (Å²) >= 11 is 0. The van der Waals surface area contributed by atoms with E-state index in [1.807, 2.05) is 103 Å². The molecule has 0 amide bonds. The lowest BCUT2D eigenvalue weighted by atomic mass is 9.90. The molecule has 2 N–H and O–H groups in total. The molecule has 0 aliphatic rings. The molecule has 0 aliphatic carbocycles. The van der Waals surface area contributed by atoms with Crippen LogP contribution >= 0.6 is 7.82 Å². The summed E-state index contributed by atoms with van der Waals surface area (Å²) in [5, 5.41) is 0. The Bertz CT molecular complexity index is 1150. The first-order valence-corrected chi connectivity index (χ1v) is 10.6. The van der Waals surface area contributed by atoms with Crippen LogP contribution in [0, 0.1) is 0 Å². The molecule has 0 aromatic heterocycles. The van der Waals surface area contributed by atoms with Crippen molar-refractivity contribution in [2.45, 2.75) is 0 Å². The SMILES string of the molecule is O=P(O)(O)Oc1c(-c2ccccc2)ccc(-c2ccccc2)c1-c1ccccc1. The molecule has 144 valence electrons. The summed E-state index contributed by atoms with van der Waals surface area (Å²) in [6.07, 6.45) is 0. The highest BCUT2D eigenvalue weighted by Gasteiger charge is 2.25. The lowest BCUT2D eigenvalue weighted by Gasteiger charge is -2.20. The van der Waals surface area contributed by atoms with Gasteiger partial charge in [0.2, 0.25) is 0 Å². The molecule has 29 heavy (non-hydrogen) atoms. The van der Waals surface area contributed by atoms with E-state index in [4.69, 9.17) is 4.52 Å². The van der Waals surface area contributed by atoms with E-state index in [1.54, 1.807) is 0 Å². The Kier molecular flexibility index (Phi) is 5.32. The first-order chi connectivity index (χ1) is 14.0. The van der Waals surface area contributed by atoms with Gasteiger partial charge in [-0.3, -0.25) is 9.79 Å². The molecule has 0 saturated heterocycles. The minimum Gasteiger partial charge on any atom is -0.403 e. The van der Waals surface area contributed by atoms with Gasteiger partial charge in [-0.15, -0.1) is 0 Å². The maximum atomic E-state index is 11.9. The van der Waals surface area contributed by atoms with Gasteiger partial charge in [0.25, 0.3) is 0 Å². The van der Waals surface area contributed by atoms with Gasteiger partial charge in [-0.05, 0) is 28.3 Å². The van der Waals surface area contributed by atoms with Crippen molar-refractivity contribution in [3.8, 4) is 39.1 Å². The molecular weight excluding hydrogens is 383 g/mol. The third-order valence-electron chi connectivity index (χ3n) is 4.60. The minimum absolute atomic E-state index is 0.164. The quantitative estimate of drug-likeness (QED) is 0.393. The zero-order chi connectivity index (χ0) is 20.3. The normalized spacial score (nSPS) is 11.2. The summed E-state index contributed by atoms with van der Waals surface area (Å²) in [6.45, 7) is 0. The van der Waals surface area contributed by atoms with E-state index in [0.29, 0.717) is 11.1 Å². The maximum Gasteiger partial charge on any atom is 0.524 e. The monoisotopic (exact) mass is 402 g/mol. The molecule has 4 nitrogen and oxygen atoms in total. The average molecular weight is 402 g/mol. The summed E-state index contributed by atoms with van der Waals surface area (Å²) in [7, 11) is -4.79. The van der Waals surface area contributed by atoms with Gasteiger partial charge in [-0.1, -0.05) is 97.1 Å². The molecular formula is C24H19O4P. The number of hydrogen-bond donors (Lipinski definition) is 2. The molecule has 4 aromatic rings. The molecule has 0 fully saturated rings. The molecule has 0 heterocycles. The summed E-state index contributed by atoms with van der Waals surface area (Å²) in [4.78, 5) is 19.3. The molecule has 0 bridgehead atoms. The van der Waals surface area contributed by atoms with Crippen molar-refractivity contribution >= 4 is 7.82 Å². The fraction of sp³-hybridized carbons (Fsp3) is 0. The highest BCUT2D eigenvalue weighted by Crippen LogP contribution is 2.50. The van der Waals surface area contributed by atoms with E-state index in [1.165, 1.54) is 0 Å². The predicted molar refractivity (Wildman–Crippen MR) is 115 cm³/mol. The highest BCUT2D eigenvalue weighted by molar-refractivity contribution is 7.46. The molecule has 0 aliphatic heterocycles. The summed E-state index contributed by atoms with van der Waals surface area (Å²) in [5.74, 6) is 0.164. The predicted octanol–water partition coefficient (Wildman–Crippen LogP) is 6.16.